The lowest BCUT2D eigenvalue weighted by Gasteiger charge is -2.14. The fraction of sp³-hybridized carbons (Fsp3) is 0.750. The highest BCUT2D eigenvalue weighted by molar-refractivity contribution is 8.22. The summed E-state index contributed by atoms with van der Waals surface area (Å²) in [6, 6.07) is 0. The van der Waals surface area contributed by atoms with E-state index in [1.807, 2.05) is 25.9 Å². The summed E-state index contributed by atoms with van der Waals surface area (Å²) in [6.07, 6.45) is 0. The van der Waals surface area contributed by atoms with Gasteiger partial charge in [0.25, 0.3) is 0 Å². The van der Waals surface area contributed by atoms with Crippen LogP contribution in [-0.2, 0) is 4.79 Å². The van der Waals surface area contributed by atoms with Crippen LogP contribution in [0.15, 0.2) is 0 Å². The molecule has 1 atom stereocenters. The second-order valence-corrected chi connectivity index (χ2v) is 4.64. The number of carbonyl (C=O) groups is 1. The molecule has 2 nitrogen and oxygen atoms in total. The molecule has 0 amide bonds. The molecular formula is C8H15NOS2. The molecule has 0 rings (SSSR count). The van der Waals surface area contributed by atoms with Gasteiger partial charge in [0.1, 0.15) is 10.1 Å². The Morgan fingerprint density at radius 1 is 1.58 bits per heavy atom. The van der Waals surface area contributed by atoms with Crippen molar-refractivity contribution in [3.63, 3.8) is 0 Å². The third kappa shape index (κ3) is 4.72. The number of thioether (sulfide) groups is 1. The van der Waals surface area contributed by atoms with Gasteiger partial charge in [-0.2, -0.15) is 0 Å². The van der Waals surface area contributed by atoms with Crippen molar-refractivity contribution in [1.29, 1.82) is 0 Å². The van der Waals surface area contributed by atoms with Gasteiger partial charge < -0.3 is 4.90 Å². The van der Waals surface area contributed by atoms with Crippen molar-refractivity contribution in [2.75, 3.05) is 19.8 Å². The molecule has 0 saturated carbocycles. The molecule has 0 aromatic rings. The highest BCUT2D eigenvalue weighted by atomic mass is 32.2. The molecule has 0 N–H and O–H groups in total. The van der Waals surface area contributed by atoms with E-state index in [1.54, 1.807) is 18.7 Å². The van der Waals surface area contributed by atoms with Crippen LogP contribution in [0.5, 0.6) is 0 Å². The molecule has 0 saturated heterocycles. The maximum Gasteiger partial charge on any atom is 0.135 e. The van der Waals surface area contributed by atoms with E-state index in [2.05, 4.69) is 0 Å². The Morgan fingerprint density at radius 2 is 2.08 bits per heavy atom. The molecule has 0 aromatic carbocycles. The molecule has 0 aliphatic rings. The van der Waals surface area contributed by atoms with Gasteiger partial charge in [-0.1, -0.05) is 30.9 Å². The molecule has 4 heteroatoms. The molecule has 0 aliphatic carbocycles. The van der Waals surface area contributed by atoms with Crippen molar-refractivity contribution in [2.24, 2.45) is 5.92 Å². The number of nitrogens with zero attached hydrogens (tertiary/aromatic N) is 1. The largest absolute Gasteiger partial charge is 0.364 e. The molecule has 0 fully saturated rings. The zero-order chi connectivity index (χ0) is 9.72. The van der Waals surface area contributed by atoms with E-state index in [0.29, 0.717) is 0 Å². The molecule has 0 bridgehead atoms. The van der Waals surface area contributed by atoms with Gasteiger partial charge in [-0.3, -0.25) is 4.79 Å². The molecule has 0 aliphatic heterocycles. The Hall–Kier alpha value is -0.0900. The molecule has 70 valence electrons. The van der Waals surface area contributed by atoms with E-state index < -0.39 is 0 Å². The lowest BCUT2D eigenvalue weighted by Crippen LogP contribution is -2.19. The van der Waals surface area contributed by atoms with E-state index in [9.17, 15) is 4.79 Å². The number of hydrogen-bond donors (Lipinski definition) is 0. The Labute approximate surface area is 83.7 Å². The van der Waals surface area contributed by atoms with Gasteiger partial charge in [0.15, 0.2) is 0 Å². The van der Waals surface area contributed by atoms with Gasteiger partial charge in [0, 0.05) is 25.8 Å². The smallest absolute Gasteiger partial charge is 0.135 e. The normalized spacial score (nSPS) is 12.3. The zero-order valence-corrected chi connectivity index (χ0v) is 9.59. The predicted molar refractivity (Wildman–Crippen MR) is 58.6 cm³/mol. The van der Waals surface area contributed by atoms with Crippen molar-refractivity contribution in [3.05, 3.63) is 0 Å². The molecule has 0 aromatic heterocycles. The van der Waals surface area contributed by atoms with Crippen LogP contribution >= 0.6 is 24.0 Å². The molecule has 12 heavy (non-hydrogen) atoms. The standard InChI is InChI=1S/C8H15NOS2/c1-6(7(2)10)5-12-8(11)9(3)4/h6H,5H2,1-4H3. The average molecular weight is 205 g/mol. The summed E-state index contributed by atoms with van der Waals surface area (Å²) >= 11 is 6.62. The average Bonchev–Trinajstić information content (AvgIpc) is 1.98. The highest BCUT2D eigenvalue weighted by Gasteiger charge is 2.09. The fourth-order valence-corrected chi connectivity index (χ4v) is 1.53. The van der Waals surface area contributed by atoms with E-state index in [-0.39, 0.29) is 11.7 Å². The summed E-state index contributed by atoms with van der Waals surface area (Å²) < 4.78 is 0.836. The second-order valence-electron chi connectivity index (χ2n) is 2.98. The van der Waals surface area contributed by atoms with Crippen molar-refractivity contribution in [2.45, 2.75) is 13.8 Å². The van der Waals surface area contributed by atoms with E-state index >= 15 is 0 Å². The summed E-state index contributed by atoms with van der Waals surface area (Å²) in [7, 11) is 3.82. The topological polar surface area (TPSA) is 20.3 Å². The fourth-order valence-electron chi connectivity index (χ4n) is 0.443. The summed E-state index contributed by atoms with van der Waals surface area (Å²) in [5.41, 5.74) is 0. The van der Waals surface area contributed by atoms with Gasteiger partial charge in [-0.15, -0.1) is 0 Å². The first-order valence-corrected chi connectivity index (χ1v) is 5.19. The first kappa shape index (κ1) is 11.9. The lowest BCUT2D eigenvalue weighted by molar-refractivity contribution is -0.119. The summed E-state index contributed by atoms with van der Waals surface area (Å²) in [4.78, 5) is 12.7. The van der Waals surface area contributed by atoms with Crippen LogP contribution in [-0.4, -0.2) is 34.9 Å². The van der Waals surface area contributed by atoms with Crippen molar-refractivity contribution in [3.8, 4) is 0 Å². The van der Waals surface area contributed by atoms with E-state index in [1.165, 1.54) is 0 Å². The van der Waals surface area contributed by atoms with Gasteiger partial charge >= 0.3 is 0 Å². The summed E-state index contributed by atoms with van der Waals surface area (Å²) in [5, 5.41) is 0. The van der Waals surface area contributed by atoms with Crippen LogP contribution in [0, 0.1) is 5.92 Å². The van der Waals surface area contributed by atoms with Gasteiger partial charge in [-0.25, -0.2) is 0 Å². The number of carbonyl (C=O) groups excluding carboxylic acids is 1. The molecular weight excluding hydrogens is 190 g/mol. The first-order valence-electron chi connectivity index (χ1n) is 3.79. The maximum absolute atomic E-state index is 10.9. The van der Waals surface area contributed by atoms with Crippen molar-refractivity contribution in [1.82, 2.24) is 4.90 Å². The Bertz CT molecular complexity index is 180. The summed E-state index contributed by atoms with van der Waals surface area (Å²) in [6.45, 7) is 3.54. The van der Waals surface area contributed by atoms with Crippen LogP contribution in [0.4, 0.5) is 0 Å². The second kappa shape index (κ2) is 5.54. The SMILES string of the molecule is CC(=O)C(C)CSC(=S)N(C)C. The third-order valence-corrected chi connectivity index (χ3v) is 3.51. The van der Waals surface area contributed by atoms with Gasteiger partial charge in [-0.05, 0) is 6.92 Å². The van der Waals surface area contributed by atoms with E-state index in [4.69, 9.17) is 12.2 Å². The van der Waals surface area contributed by atoms with Crippen LogP contribution in [0.25, 0.3) is 0 Å². The number of rotatable bonds is 3. The quantitative estimate of drug-likeness (QED) is 0.654. The number of hydrogen-bond acceptors (Lipinski definition) is 3. The molecule has 0 radical (unpaired) electrons. The summed E-state index contributed by atoms with van der Waals surface area (Å²) in [5.74, 6) is 1.11. The monoisotopic (exact) mass is 205 g/mol. The van der Waals surface area contributed by atoms with Crippen LogP contribution in [0.3, 0.4) is 0 Å². The Morgan fingerprint density at radius 3 is 2.42 bits per heavy atom. The minimum atomic E-state index is 0.105. The first-order chi connectivity index (χ1) is 5.45. The third-order valence-electron chi connectivity index (χ3n) is 1.52. The number of thiocarbonyl (C=S) groups is 1. The minimum Gasteiger partial charge on any atom is -0.364 e. The van der Waals surface area contributed by atoms with Crippen LogP contribution in [0.2, 0.25) is 0 Å². The molecule has 1 unspecified atom stereocenters. The van der Waals surface area contributed by atoms with Crippen molar-refractivity contribution < 1.29 is 4.79 Å². The number of ketones is 1. The zero-order valence-electron chi connectivity index (χ0n) is 7.96. The minimum absolute atomic E-state index is 0.105. The predicted octanol–water partition coefficient (Wildman–Crippen LogP) is 1.79. The van der Waals surface area contributed by atoms with Crippen LogP contribution in [0.1, 0.15) is 13.8 Å². The molecule has 0 spiro atoms. The maximum atomic E-state index is 10.9. The Kier molecular flexibility index (Phi) is 5.50. The van der Waals surface area contributed by atoms with Gasteiger partial charge in [0.2, 0.25) is 0 Å². The highest BCUT2D eigenvalue weighted by Crippen LogP contribution is 2.12. The van der Waals surface area contributed by atoms with Gasteiger partial charge in [0.05, 0.1) is 0 Å². The van der Waals surface area contributed by atoms with E-state index in [0.717, 1.165) is 10.1 Å². The van der Waals surface area contributed by atoms with Crippen molar-refractivity contribution >= 4 is 34.1 Å². The Balaban J connectivity index is 3.69. The lowest BCUT2D eigenvalue weighted by atomic mass is 10.1. The van der Waals surface area contributed by atoms with Crippen LogP contribution < -0.4 is 0 Å². The number of Topliss-reactive ketones (excluding diaryl/α,β-unsaturated/α-hetero) is 1. The molecule has 0 heterocycles.